The molecule has 4 heterocycles. The molecule has 0 unspecified atom stereocenters. The molecule has 3 aromatic heterocycles. The number of anilines is 1. The lowest BCUT2D eigenvalue weighted by atomic mass is 10.1. The Morgan fingerprint density at radius 2 is 2.30 bits per heavy atom. The first-order valence-corrected chi connectivity index (χ1v) is 8.92. The van der Waals surface area contributed by atoms with Crippen LogP contribution < -0.4 is 4.90 Å². The predicted molar refractivity (Wildman–Crippen MR) is 96.2 cm³/mol. The van der Waals surface area contributed by atoms with E-state index >= 15 is 0 Å². The number of ether oxygens (including phenoxy) is 1. The number of rotatable bonds is 4. The number of fused-ring (bicyclic) bond motifs is 1. The van der Waals surface area contributed by atoms with Gasteiger partial charge in [0.25, 0.3) is 0 Å². The maximum atomic E-state index is 13.7. The minimum absolute atomic E-state index is 0.108. The highest BCUT2D eigenvalue weighted by Gasteiger charge is 2.31. The lowest BCUT2D eigenvalue weighted by molar-refractivity contribution is 0.0521. The Kier molecular flexibility index (Phi) is 4.61. The minimum Gasteiger partial charge on any atom is -0.461 e. The van der Waals surface area contributed by atoms with Gasteiger partial charge in [0.1, 0.15) is 22.0 Å². The van der Waals surface area contributed by atoms with Crippen LogP contribution in [0.1, 0.15) is 41.9 Å². The third kappa shape index (κ3) is 3.18. The van der Waals surface area contributed by atoms with Gasteiger partial charge < -0.3 is 9.64 Å². The Labute approximate surface area is 158 Å². The monoisotopic (exact) mass is 390 g/mol. The number of halogens is 2. The Morgan fingerprint density at radius 1 is 1.44 bits per heavy atom. The zero-order valence-electron chi connectivity index (χ0n) is 14.4. The van der Waals surface area contributed by atoms with Gasteiger partial charge in [-0.05, 0) is 25.8 Å². The largest absolute Gasteiger partial charge is 0.461 e. The first-order valence-electron chi connectivity index (χ1n) is 8.54. The lowest BCUT2D eigenvalue weighted by Crippen LogP contribution is -2.25. The number of esters is 1. The average molecular weight is 391 g/mol. The highest BCUT2D eigenvalue weighted by Crippen LogP contribution is 2.37. The summed E-state index contributed by atoms with van der Waals surface area (Å²) < 4.78 is 18.7. The molecule has 0 aromatic carbocycles. The Balaban J connectivity index is 1.73. The van der Waals surface area contributed by atoms with Crippen LogP contribution in [0, 0.1) is 5.82 Å². The van der Waals surface area contributed by atoms with Crippen LogP contribution >= 0.6 is 11.6 Å². The first kappa shape index (κ1) is 17.6. The van der Waals surface area contributed by atoms with Gasteiger partial charge in [-0.3, -0.25) is 5.10 Å². The fourth-order valence-electron chi connectivity index (χ4n) is 3.29. The number of hydrogen-bond donors (Lipinski definition) is 1. The molecule has 1 fully saturated rings. The second-order valence-electron chi connectivity index (χ2n) is 6.11. The van der Waals surface area contributed by atoms with Crippen LogP contribution in [-0.4, -0.2) is 44.3 Å². The van der Waals surface area contributed by atoms with E-state index in [-0.39, 0.29) is 23.5 Å². The van der Waals surface area contributed by atoms with Crippen molar-refractivity contribution in [2.24, 2.45) is 0 Å². The number of nitrogens with one attached hydrogen (secondary N) is 1. The number of nitrogens with zero attached hydrogens (tertiary/aromatic N) is 5. The first-order chi connectivity index (χ1) is 13.1. The lowest BCUT2D eigenvalue weighted by Gasteiger charge is -2.25. The van der Waals surface area contributed by atoms with Gasteiger partial charge >= 0.3 is 5.97 Å². The molecule has 1 N–H and O–H groups in total. The van der Waals surface area contributed by atoms with E-state index in [4.69, 9.17) is 16.3 Å². The summed E-state index contributed by atoms with van der Waals surface area (Å²) in [7, 11) is 0. The Hall–Kier alpha value is -2.81. The molecule has 3 aromatic rings. The van der Waals surface area contributed by atoms with Crippen LogP contribution in [0.3, 0.4) is 0 Å². The van der Waals surface area contributed by atoms with Crippen LogP contribution in [-0.2, 0) is 4.74 Å². The van der Waals surface area contributed by atoms with Crippen molar-refractivity contribution < 1.29 is 13.9 Å². The molecule has 8 nitrogen and oxygen atoms in total. The van der Waals surface area contributed by atoms with Gasteiger partial charge in [-0.1, -0.05) is 11.6 Å². The van der Waals surface area contributed by atoms with Gasteiger partial charge in [0.2, 0.25) is 5.95 Å². The summed E-state index contributed by atoms with van der Waals surface area (Å²) in [5, 5.41) is 6.97. The molecule has 1 atom stereocenters. The fraction of sp³-hybridized carbons (Fsp3) is 0.353. The van der Waals surface area contributed by atoms with E-state index in [2.05, 4.69) is 25.1 Å². The molecule has 1 saturated heterocycles. The standard InChI is InChI=1S/C17H16ClFN6O2/c1-2-27-16(26)14-13-11(23-24-14)8-21-17(22-13)25-5-3-4-12(25)10-6-9(19)7-20-15(10)18/h6-8,12H,2-5H2,1H3,(H,23,24)/t12-/m1/s1. The smallest absolute Gasteiger partial charge is 0.361 e. The van der Waals surface area contributed by atoms with Crippen molar-refractivity contribution in [1.29, 1.82) is 0 Å². The predicted octanol–water partition coefficient (Wildman–Crippen LogP) is 3.06. The number of hydrogen-bond acceptors (Lipinski definition) is 7. The summed E-state index contributed by atoms with van der Waals surface area (Å²) >= 11 is 6.19. The molecule has 0 aliphatic carbocycles. The molecule has 0 amide bonds. The summed E-state index contributed by atoms with van der Waals surface area (Å²) in [6, 6.07) is 1.19. The van der Waals surface area contributed by atoms with Gasteiger partial charge in [-0.15, -0.1) is 0 Å². The van der Waals surface area contributed by atoms with Crippen molar-refractivity contribution >= 4 is 34.6 Å². The maximum Gasteiger partial charge on any atom is 0.361 e. The average Bonchev–Trinajstić information content (AvgIpc) is 3.30. The van der Waals surface area contributed by atoms with E-state index in [0.717, 1.165) is 19.0 Å². The second-order valence-corrected chi connectivity index (χ2v) is 6.47. The third-order valence-electron chi connectivity index (χ3n) is 4.46. The SMILES string of the molecule is CCOC(=O)c1n[nH]c2cnc(N3CCC[C@@H]3c3cc(F)cnc3Cl)nc12. The normalized spacial score (nSPS) is 16.9. The molecule has 140 valence electrons. The van der Waals surface area contributed by atoms with Crippen LogP contribution in [0.4, 0.5) is 10.3 Å². The summed E-state index contributed by atoms with van der Waals surface area (Å²) in [6.45, 7) is 2.64. The van der Waals surface area contributed by atoms with Gasteiger partial charge in [0, 0.05) is 12.1 Å². The zero-order chi connectivity index (χ0) is 19.0. The molecule has 1 aliphatic heterocycles. The van der Waals surface area contributed by atoms with Gasteiger partial charge in [-0.25, -0.2) is 24.1 Å². The number of carbonyl (C=O) groups excluding carboxylic acids is 1. The van der Waals surface area contributed by atoms with Crippen LogP contribution in [0.2, 0.25) is 5.15 Å². The maximum absolute atomic E-state index is 13.7. The summed E-state index contributed by atoms with van der Waals surface area (Å²) in [6.07, 6.45) is 4.29. The number of aromatic amines is 1. The van der Waals surface area contributed by atoms with Crippen molar-refractivity contribution in [3.05, 3.63) is 40.7 Å². The van der Waals surface area contributed by atoms with E-state index < -0.39 is 11.8 Å². The van der Waals surface area contributed by atoms with E-state index in [1.54, 1.807) is 13.1 Å². The molecule has 0 saturated carbocycles. The molecule has 0 spiro atoms. The molecular formula is C17H16ClFN6O2. The topological polar surface area (TPSA) is 96.9 Å². The summed E-state index contributed by atoms with van der Waals surface area (Å²) in [4.78, 5) is 26.8. The molecule has 10 heteroatoms. The summed E-state index contributed by atoms with van der Waals surface area (Å²) in [5.74, 6) is -0.585. The Bertz CT molecular complexity index is 1010. The fourth-order valence-corrected chi connectivity index (χ4v) is 3.51. The molecule has 4 rings (SSSR count). The van der Waals surface area contributed by atoms with Crippen molar-refractivity contribution in [2.75, 3.05) is 18.1 Å². The quantitative estimate of drug-likeness (QED) is 0.540. The highest BCUT2D eigenvalue weighted by molar-refractivity contribution is 6.30. The Morgan fingerprint density at radius 3 is 3.11 bits per heavy atom. The van der Waals surface area contributed by atoms with Crippen molar-refractivity contribution in [1.82, 2.24) is 25.1 Å². The van der Waals surface area contributed by atoms with Crippen molar-refractivity contribution in [2.45, 2.75) is 25.8 Å². The van der Waals surface area contributed by atoms with Crippen molar-refractivity contribution in [3.63, 3.8) is 0 Å². The van der Waals surface area contributed by atoms with Gasteiger partial charge in [-0.2, -0.15) is 5.10 Å². The van der Waals surface area contributed by atoms with Crippen LogP contribution in [0.15, 0.2) is 18.5 Å². The van der Waals surface area contributed by atoms with Gasteiger partial charge in [0.15, 0.2) is 5.69 Å². The molecule has 1 aliphatic rings. The molecular weight excluding hydrogens is 375 g/mol. The number of aromatic nitrogens is 5. The van der Waals surface area contributed by atoms with Crippen molar-refractivity contribution in [3.8, 4) is 0 Å². The second kappa shape index (κ2) is 7.07. The van der Waals surface area contributed by atoms with E-state index in [0.29, 0.717) is 29.1 Å². The van der Waals surface area contributed by atoms with Gasteiger partial charge in [0.05, 0.1) is 25.0 Å². The third-order valence-corrected chi connectivity index (χ3v) is 4.77. The summed E-state index contributed by atoms with van der Waals surface area (Å²) in [5.41, 5.74) is 1.61. The number of H-pyrrole nitrogens is 1. The van der Waals surface area contributed by atoms with Crippen LogP contribution in [0.5, 0.6) is 0 Å². The van der Waals surface area contributed by atoms with E-state index in [1.807, 2.05) is 4.90 Å². The minimum atomic E-state index is -0.552. The number of pyridine rings is 1. The van der Waals surface area contributed by atoms with E-state index in [9.17, 15) is 9.18 Å². The molecule has 27 heavy (non-hydrogen) atoms. The van der Waals surface area contributed by atoms with Crippen LogP contribution in [0.25, 0.3) is 11.0 Å². The zero-order valence-corrected chi connectivity index (χ0v) is 15.2. The molecule has 0 radical (unpaired) electrons. The molecule has 0 bridgehead atoms. The van der Waals surface area contributed by atoms with E-state index in [1.165, 1.54) is 6.07 Å². The highest BCUT2D eigenvalue weighted by atomic mass is 35.5. The number of carbonyl (C=O) groups is 1.